The van der Waals surface area contributed by atoms with Crippen molar-refractivity contribution in [2.24, 2.45) is 0 Å². The van der Waals surface area contributed by atoms with Gasteiger partial charge in [-0.2, -0.15) is 0 Å². The van der Waals surface area contributed by atoms with E-state index in [1.165, 1.54) is 6.92 Å². The van der Waals surface area contributed by atoms with Crippen LogP contribution in [0.5, 0.6) is 0 Å². The van der Waals surface area contributed by atoms with Crippen LogP contribution in [0.3, 0.4) is 0 Å². The minimum Gasteiger partial charge on any atom is -0.453 e. The highest BCUT2D eigenvalue weighted by atomic mass is 35.5. The summed E-state index contributed by atoms with van der Waals surface area (Å²) in [5.41, 5.74) is 0. The second kappa shape index (κ2) is 8.87. The molecule has 1 rings (SSSR count). The molecule has 1 aromatic rings. The molecule has 0 radical (unpaired) electrons. The standard InChI is InChI=1S/C13H13ClO3S/c1-11(15)17-9-3-2-8-16-10-18-13-6-4-12(14)5-7-13/h4-7H,8-10H2,1H3. The first-order valence-electron chi connectivity index (χ1n) is 5.23. The Bertz CT molecular complexity index is 434. The van der Waals surface area contributed by atoms with Gasteiger partial charge in [-0.1, -0.05) is 35.2 Å². The van der Waals surface area contributed by atoms with Crippen molar-refractivity contribution in [1.29, 1.82) is 0 Å². The minimum atomic E-state index is -0.330. The molecular weight excluding hydrogens is 272 g/mol. The van der Waals surface area contributed by atoms with Crippen LogP contribution in [-0.4, -0.2) is 25.1 Å². The average Bonchev–Trinajstić information content (AvgIpc) is 2.34. The van der Waals surface area contributed by atoms with Crippen molar-refractivity contribution in [2.75, 3.05) is 19.2 Å². The third kappa shape index (κ3) is 7.23. The third-order valence-electron chi connectivity index (χ3n) is 1.77. The Kier molecular flexibility index (Phi) is 7.35. The molecular formula is C13H13ClO3S. The topological polar surface area (TPSA) is 35.5 Å². The molecule has 0 spiro atoms. The normalized spacial score (nSPS) is 9.44. The van der Waals surface area contributed by atoms with Gasteiger partial charge in [0.2, 0.25) is 0 Å². The largest absolute Gasteiger partial charge is 0.453 e. The van der Waals surface area contributed by atoms with E-state index in [2.05, 4.69) is 16.6 Å². The minimum absolute atomic E-state index is 0.114. The van der Waals surface area contributed by atoms with E-state index in [4.69, 9.17) is 16.3 Å². The Morgan fingerprint density at radius 2 is 1.94 bits per heavy atom. The van der Waals surface area contributed by atoms with E-state index in [0.29, 0.717) is 12.5 Å². The van der Waals surface area contributed by atoms with Gasteiger partial charge in [-0.05, 0) is 24.3 Å². The van der Waals surface area contributed by atoms with Crippen LogP contribution in [-0.2, 0) is 14.3 Å². The van der Waals surface area contributed by atoms with E-state index in [1.807, 2.05) is 24.3 Å². The van der Waals surface area contributed by atoms with Gasteiger partial charge in [-0.3, -0.25) is 4.79 Å². The molecule has 0 amide bonds. The van der Waals surface area contributed by atoms with Gasteiger partial charge >= 0.3 is 5.97 Å². The van der Waals surface area contributed by atoms with Crippen LogP contribution < -0.4 is 0 Å². The molecule has 0 unspecified atom stereocenters. The quantitative estimate of drug-likeness (QED) is 0.274. The first kappa shape index (κ1) is 14.9. The van der Waals surface area contributed by atoms with Crippen LogP contribution in [0.4, 0.5) is 0 Å². The summed E-state index contributed by atoms with van der Waals surface area (Å²) in [5, 5.41) is 0.719. The summed E-state index contributed by atoms with van der Waals surface area (Å²) in [6.45, 7) is 1.78. The number of carbonyl (C=O) groups excluding carboxylic acids is 1. The lowest BCUT2D eigenvalue weighted by molar-refractivity contribution is -0.139. The summed E-state index contributed by atoms with van der Waals surface area (Å²) < 4.78 is 9.93. The summed E-state index contributed by atoms with van der Waals surface area (Å²) in [6, 6.07) is 7.54. The molecule has 0 aromatic heterocycles. The van der Waals surface area contributed by atoms with Crippen molar-refractivity contribution in [3.05, 3.63) is 29.3 Å². The molecule has 5 heteroatoms. The number of halogens is 1. The highest BCUT2D eigenvalue weighted by Crippen LogP contribution is 2.19. The van der Waals surface area contributed by atoms with Crippen LogP contribution >= 0.6 is 23.4 Å². The van der Waals surface area contributed by atoms with E-state index < -0.39 is 0 Å². The molecule has 0 atom stereocenters. The van der Waals surface area contributed by atoms with Crippen LogP contribution in [0.1, 0.15) is 6.92 Å². The van der Waals surface area contributed by atoms with Gasteiger partial charge < -0.3 is 9.47 Å². The first-order chi connectivity index (χ1) is 8.68. The molecule has 96 valence electrons. The van der Waals surface area contributed by atoms with Gasteiger partial charge in [0.1, 0.15) is 6.61 Å². The molecule has 0 saturated heterocycles. The lowest BCUT2D eigenvalue weighted by Crippen LogP contribution is -1.98. The van der Waals surface area contributed by atoms with Crippen molar-refractivity contribution in [3.63, 3.8) is 0 Å². The number of hydrogen-bond acceptors (Lipinski definition) is 4. The second-order valence-electron chi connectivity index (χ2n) is 3.20. The van der Waals surface area contributed by atoms with Crippen molar-refractivity contribution < 1.29 is 14.3 Å². The lowest BCUT2D eigenvalue weighted by Gasteiger charge is -2.00. The number of rotatable bonds is 5. The van der Waals surface area contributed by atoms with Gasteiger partial charge in [-0.15, -0.1) is 0 Å². The zero-order chi connectivity index (χ0) is 13.2. The smallest absolute Gasteiger partial charge is 0.303 e. The molecule has 0 N–H and O–H groups in total. The van der Waals surface area contributed by atoms with Crippen molar-refractivity contribution >= 4 is 29.3 Å². The molecule has 0 bridgehead atoms. The second-order valence-corrected chi connectivity index (χ2v) is 4.63. The molecule has 0 saturated carbocycles. The Morgan fingerprint density at radius 1 is 1.28 bits per heavy atom. The fourth-order valence-electron chi connectivity index (χ4n) is 0.973. The number of ether oxygens (including phenoxy) is 2. The predicted octanol–water partition coefficient (Wildman–Crippen LogP) is 2.97. The van der Waals surface area contributed by atoms with Gasteiger partial charge in [0, 0.05) is 16.8 Å². The first-order valence-corrected chi connectivity index (χ1v) is 6.60. The van der Waals surface area contributed by atoms with Gasteiger partial charge in [0.05, 0.1) is 5.94 Å². The fraction of sp³-hybridized carbons (Fsp3) is 0.308. The highest BCUT2D eigenvalue weighted by molar-refractivity contribution is 7.99. The summed E-state index contributed by atoms with van der Waals surface area (Å²) >= 11 is 7.34. The van der Waals surface area contributed by atoms with Crippen molar-refractivity contribution in [1.82, 2.24) is 0 Å². The van der Waals surface area contributed by atoms with Gasteiger partial charge in [0.25, 0.3) is 0 Å². The van der Waals surface area contributed by atoms with Crippen molar-refractivity contribution in [2.45, 2.75) is 11.8 Å². The molecule has 0 aliphatic carbocycles. The van der Waals surface area contributed by atoms with Gasteiger partial charge in [-0.25, -0.2) is 0 Å². The van der Waals surface area contributed by atoms with E-state index >= 15 is 0 Å². The molecule has 0 fully saturated rings. The monoisotopic (exact) mass is 284 g/mol. The Morgan fingerprint density at radius 3 is 2.61 bits per heavy atom. The maximum Gasteiger partial charge on any atom is 0.303 e. The summed E-state index contributed by atoms with van der Waals surface area (Å²) in [5.74, 6) is 5.62. The van der Waals surface area contributed by atoms with E-state index in [0.717, 1.165) is 9.92 Å². The van der Waals surface area contributed by atoms with Crippen LogP contribution in [0.15, 0.2) is 29.2 Å². The number of esters is 1. The van der Waals surface area contributed by atoms with E-state index in [-0.39, 0.29) is 12.6 Å². The molecule has 3 nitrogen and oxygen atoms in total. The number of carbonyl (C=O) groups is 1. The maximum atomic E-state index is 10.4. The maximum absolute atomic E-state index is 10.4. The number of hydrogen-bond donors (Lipinski definition) is 0. The molecule has 0 aliphatic rings. The number of thioether (sulfide) groups is 1. The van der Waals surface area contributed by atoms with E-state index in [1.54, 1.807) is 11.8 Å². The van der Waals surface area contributed by atoms with E-state index in [9.17, 15) is 4.79 Å². The summed E-state index contributed by atoms with van der Waals surface area (Å²) in [6.07, 6.45) is 0. The van der Waals surface area contributed by atoms with Crippen LogP contribution in [0.25, 0.3) is 0 Å². The van der Waals surface area contributed by atoms with Crippen LogP contribution in [0.2, 0.25) is 5.02 Å². The third-order valence-corrected chi connectivity index (χ3v) is 2.91. The Hall–Kier alpha value is -1.15. The fourth-order valence-corrected chi connectivity index (χ4v) is 1.73. The van der Waals surface area contributed by atoms with Gasteiger partial charge in [0.15, 0.2) is 6.61 Å². The SMILES string of the molecule is CC(=O)OCC#CCOCSc1ccc(Cl)cc1. The molecule has 1 aromatic carbocycles. The Labute approximate surface area is 116 Å². The number of benzene rings is 1. The highest BCUT2D eigenvalue weighted by Gasteiger charge is 1.93. The predicted molar refractivity (Wildman–Crippen MR) is 72.5 cm³/mol. The molecule has 0 aliphatic heterocycles. The zero-order valence-corrected chi connectivity index (χ0v) is 11.5. The summed E-state index contributed by atoms with van der Waals surface area (Å²) in [4.78, 5) is 11.5. The molecule has 18 heavy (non-hydrogen) atoms. The lowest BCUT2D eigenvalue weighted by atomic mass is 10.4. The zero-order valence-electron chi connectivity index (χ0n) is 9.94. The van der Waals surface area contributed by atoms with Crippen LogP contribution in [0, 0.1) is 11.8 Å². The molecule has 0 heterocycles. The summed E-state index contributed by atoms with van der Waals surface area (Å²) in [7, 11) is 0. The Balaban J connectivity index is 2.08. The average molecular weight is 285 g/mol. The van der Waals surface area contributed by atoms with Crippen molar-refractivity contribution in [3.8, 4) is 11.8 Å².